The van der Waals surface area contributed by atoms with E-state index in [1.807, 2.05) is 11.0 Å². The van der Waals surface area contributed by atoms with Crippen molar-refractivity contribution < 1.29 is 4.79 Å². The number of likely N-dealkylation sites (tertiary alicyclic amines) is 1. The summed E-state index contributed by atoms with van der Waals surface area (Å²) in [5.41, 5.74) is 3.71. The van der Waals surface area contributed by atoms with E-state index in [1.54, 1.807) is 0 Å². The fourth-order valence-corrected chi connectivity index (χ4v) is 3.46. The number of nitrogens with zero attached hydrogens (tertiary/aromatic N) is 1. The molecule has 108 valence electrons. The number of carbonyl (C=O) groups excluding carboxylic acids is 1. The molecule has 1 N–H and O–H groups in total. The molecule has 3 nitrogen and oxygen atoms in total. The second-order valence-electron chi connectivity index (χ2n) is 5.96. The summed E-state index contributed by atoms with van der Waals surface area (Å²) in [5.74, 6) is 0.217. The van der Waals surface area contributed by atoms with Crippen molar-refractivity contribution in [2.24, 2.45) is 0 Å². The van der Waals surface area contributed by atoms with Gasteiger partial charge in [-0.15, -0.1) is 0 Å². The van der Waals surface area contributed by atoms with Crippen molar-refractivity contribution in [1.29, 1.82) is 0 Å². The first-order valence-electron chi connectivity index (χ1n) is 7.92. The van der Waals surface area contributed by atoms with Gasteiger partial charge in [-0.3, -0.25) is 4.79 Å². The van der Waals surface area contributed by atoms with Crippen molar-refractivity contribution in [3.63, 3.8) is 0 Å². The maximum Gasteiger partial charge on any atom is 0.253 e. The Morgan fingerprint density at radius 3 is 2.75 bits per heavy atom. The van der Waals surface area contributed by atoms with Crippen LogP contribution in [-0.2, 0) is 12.8 Å². The van der Waals surface area contributed by atoms with Crippen LogP contribution in [0.2, 0.25) is 0 Å². The lowest BCUT2D eigenvalue weighted by Gasteiger charge is -2.32. The smallest absolute Gasteiger partial charge is 0.253 e. The molecule has 0 bridgehead atoms. The summed E-state index contributed by atoms with van der Waals surface area (Å²) in [5, 5.41) is 3.48. The van der Waals surface area contributed by atoms with Gasteiger partial charge in [-0.05, 0) is 61.9 Å². The molecule has 2 aliphatic rings. The summed E-state index contributed by atoms with van der Waals surface area (Å²) < 4.78 is 0. The molecule has 1 aliphatic carbocycles. The lowest BCUT2D eigenvalue weighted by atomic mass is 10.0. The second kappa shape index (κ2) is 5.96. The molecule has 1 aromatic rings. The number of hydrogen-bond acceptors (Lipinski definition) is 2. The minimum Gasteiger partial charge on any atom is -0.339 e. The first-order chi connectivity index (χ1) is 9.78. The van der Waals surface area contributed by atoms with Crippen molar-refractivity contribution in [1.82, 2.24) is 10.2 Å². The molecule has 0 radical (unpaired) electrons. The van der Waals surface area contributed by atoms with Crippen molar-refractivity contribution in [2.75, 3.05) is 19.6 Å². The van der Waals surface area contributed by atoms with Gasteiger partial charge in [0, 0.05) is 24.7 Å². The molecule has 0 spiro atoms. The first kappa shape index (κ1) is 13.6. The number of benzene rings is 1. The molecule has 1 amide bonds. The number of nitrogens with one attached hydrogen (secondary N) is 1. The molecular weight excluding hydrogens is 248 g/mol. The van der Waals surface area contributed by atoms with Crippen LogP contribution in [0, 0.1) is 0 Å². The highest BCUT2D eigenvalue weighted by Gasteiger charge is 2.23. The number of amides is 1. The van der Waals surface area contributed by atoms with Gasteiger partial charge < -0.3 is 10.2 Å². The molecule has 1 fully saturated rings. The van der Waals surface area contributed by atoms with E-state index >= 15 is 0 Å². The maximum absolute atomic E-state index is 12.6. The summed E-state index contributed by atoms with van der Waals surface area (Å²) in [6, 6.07) is 6.88. The van der Waals surface area contributed by atoms with Crippen LogP contribution in [0.1, 0.15) is 47.7 Å². The van der Waals surface area contributed by atoms with E-state index in [2.05, 4.69) is 24.4 Å². The zero-order valence-electron chi connectivity index (χ0n) is 12.3. The number of fused-ring (bicyclic) bond motifs is 1. The van der Waals surface area contributed by atoms with E-state index in [0.29, 0.717) is 6.04 Å². The Morgan fingerprint density at radius 2 is 2.00 bits per heavy atom. The highest BCUT2D eigenvalue weighted by Crippen LogP contribution is 2.24. The van der Waals surface area contributed by atoms with Crippen LogP contribution in [-0.4, -0.2) is 36.5 Å². The van der Waals surface area contributed by atoms with Crippen molar-refractivity contribution in [3.8, 4) is 0 Å². The number of piperidine rings is 1. The molecule has 20 heavy (non-hydrogen) atoms. The average Bonchev–Trinajstić information content (AvgIpc) is 2.95. The number of aryl methyl sites for hydroxylation is 2. The molecule has 0 saturated carbocycles. The molecular formula is C17H24N2O. The van der Waals surface area contributed by atoms with Crippen LogP contribution in [0.25, 0.3) is 0 Å². The minimum absolute atomic E-state index is 0.217. The Labute approximate surface area is 121 Å². The van der Waals surface area contributed by atoms with Gasteiger partial charge in [-0.1, -0.05) is 13.0 Å². The predicted octanol–water partition coefficient (Wildman–Crippen LogP) is 2.39. The molecule has 0 aromatic heterocycles. The van der Waals surface area contributed by atoms with E-state index in [9.17, 15) is 4.79 Å². The van der Waals surface area contributed by atoms with Crippen LogP contribution in [0.3, 0.4) is 0 Å². The highest BCUT2D eigenvalue weighted by molar-refractivity contribution is 5.94. The highest BCUT2D eigenvalue weighted by atomic mass is 16.2. The van der Waals surface area contributed by atoms with Crippen LogP contribution in [0.15, 0.2) is 18.2 Å². The minimum atomic E-state index is 0.217. The average molecular weight is 272 g/mol. The summed E-state index contributed by atoms with van der Waals surface area (Å²) in [7, 11) is 0. The topological polar surface area (TPSA) is 32.3 Å². The fraction of sp³-hybridized carbons (Fsp3) is 0.588. The summed E-state index contributed by atoms with van der Waals surface area (Å²) >= 11 is 0. The normalized spacial score (nSPS) is 19.1. The number of rotatable bonds is 3. The Hall–Kier alpha value is -1.35. The Bertz CT molecular complexity index is 490. The third-order valence-electron chi connectivity index (χ3n) is 4.62. The Kier molecular flexibility index (Phi) is 4.06. The number of carbonyl (C=O) groups is 1. The maximum atomic E-state index is 12.6. The number of hydrogen-bond donors (Lipinski definition) is 1. The molecule has 1 aromatic carbocycles. The Balaban J connectivity index is 1.65. The van der Waals surface area contributed by atoms with Crippen molar-refractivity contribution in [2.45, 2.75) is 45.1 Å². The molecule has 1 heterocycles. The van der Waals surface area contributed by atoms with E-state index in [0.717, 1.165) is 44.5 Å². The largest absolute Gasteiger partial charge is 0.339 e. The van der Waals surface area contributed by atoms with Crippen LogP contribution in [0.4, 0.5) is 0 Å². The summed E-state index contributed by atoms with van der Waals surface area (Å²) in [4.78, 5) is 14.6. The fourth-order valence-electron chi connectivity index (χ4n) is 3.46. The van der Waals surface area contributed by atoms with E-state index in [1.165, 1.54) is 24.0 Å². The monoisotopic (exact) mass is 272 g/mol. The van der Waals surface area contributed by atoms with Crippen molar-refractivity contribution in [3.05, 3.63) is 34.9 Å². The van der Waals surface area contributed by atoms with Gasteiger partial charge in [0.15, 0.2) is 0 Å². The molecule has 1 saturated heterocycles. The zero-order valence-corrected chi connectivity index (χ0v) is 12.3. The third kappa shape index (κ3) is 2.73. The molecule has 3 rings (SSSR count). The van der Waals surface area contributed by atoms with Gasteiger partial charge in [-0.25, -0.2) is 0 Å². The van der Waals surface area contributed by atoms with Crippen LogP contribution < -0.4 is 5.32 Å². The van der Waals surface area contributed by atoms with Gasteiger partial charge in [0.25, 0.3) is 5.91 Å². The molecule has 0 atom stereocenters. The second-order valence-corrected chi connectivity index (χ2v) is 5.96. The van der Waals surface area contributed by atoms with Gasteiger partial charge in [0.2, 0.25) is 0 Å². The van der Waals surface area contributed by atoms with Crippen LogP contribution in [0.5, 0.6) is 0 Å². The summed E-state index contributed by atoms with van der Waals surface area (Å²) in [6.07, 6.45) is 5.70. The van der Waals surface area contributed by atoms with E-state index in [-0.39, 0.29) is 5.91 Å². The van der Waals surface area contributed by atoms with Gasteiger partial charge >= 0.3 is 0 Å². The SMILES string of the molecule is CCNC1CCN(C(=O)c2ccc3c(c2)CCC3)CC1. The zero-order chi connectivity index (χ0) is 13.9. The molecule has 3 heteroatoms. The lowest BCUT2D eigenvalue weighted by Crippen LogP contribution is -2.44. The van der Waals surface area contributed by atoms with Gasteiger partial charge in [0.1, 0.15) is 0 Å². The Morgan fingerprint density at radius 1 is 1.25 bits per heavy atom. The molecule has 0 unspecified atom stereocenters. The molecule has 1 aliphatic heterocycles. The van der Waals surface area contributed by atoms with E-state index in [4.69, 9.17) is 0 Å². The predicted molar refractivity (Wildman–Crippen MR) is 81.1 cm³/mol. The standard InChI is InChI=1S/C17H24N2O/c1-2-18-16-8-10-19(11-9-16)17(20)15-7-6-13-4-3-5-14(13)12-15/h6-7,12,16,18H,2-5,8-11H2,1H3. The first-order valence-corrected chi connectivity index (χ1v) is 7.92. The van der Waals surface area contributed by atoms with E-state index < -0.39 is 0 Å². The van der Waals surface area contributed by atoms with Crippen LogP contribution >= 0.6 is 0 Å². The quantitative estimate of drug-likeness (QED) is 0.916. The lowest BCUT2D eigenvalue weighted by molar-refractivity contribution is 0.0706. The van der Waals surface area contributed by atoms with Gasteiger partial charge in [0.05, 0.1) is 0 Å². The van der Waals surface area contributed by atoms with Gasteiger partial charge in [-0.2, -0.15) is 0 Å². The third-order valence-corrected chi connectivity index (χ3v) is 4.62. The van der Waals surface area contributed by atoms with Crippen molar-refractivity contribution >= 4 is 5.91 Å². The summed E-state index contributed by atoms with van der Waals surface area (Å²) in [6.45, 7) is 4.92.